The summed E-state index contributed by atoms with van der Waals surface area (Å²) in [5.41, 5.74) is -0.419. The van der Waals surface area contributed by atoms with E-state index in [0.717, 1.165) is 6.07 Å². The minimum absolute atomic E-state index is 0.0392. The van der Waals surface area contributed by atoms with Crippen LogP contribution >= 0.6 is 11.6 Å². The number of pyridine rings is 1. The number of hydrogen-bond donors (Lipinski definition) is 0. The van der Waals surface area contributed by atoms with Gasteiger partial charge in [-0.05, 0) is 19.1 Å². The Hall–Kier alpha value is -2.14. The van der Waals surface area contributed by atoms with Crippen molar-refractivity contribution in [1.82, 2.24) is 4.57 Å². The van der Waals surface area contributed by atoms with Crippen LogP contribution in [0.5, 0.6) is 0 Å². The predicted octanol–water partition coefficient (Wildman–Crippen LogP) is 3.07. The lowest BCUT2D eigenvalue weighted by molar-refractivity contribution is 0.0524. The highest BCUT2D eigenvalue weighted by molar-refractivity contribution is 6.31. The minimum Gasteiger partial charge on any atom is -0.462 e. The molecule has 0 atom stereocenters. The van der Waals surface area contributed by atoms with Crippen molar-refractivity contribution in [3.63, 3.8) is 0 Å². The molecule has 1 aromatic heterocycles. The SMILES string of the molecule is C=Cn1cc(C(=O)OCC)c(=O)c2cc(F)c(Cl)cc21. The van der Waals surface area contributed by atoms with E-state index >= 15 is 0 Å². The van der Waals surface area contributed by atoms with Crippen LogP contribution in [0.2, 0.25) is 5.02 Å². The average molecular weight is 296 g/mol. The number of hydrogen-bond acceptors (Lipinski definition) is 3. The molecule has 1 heterocycles. The van der Waals surface area contributed by atoms with Crippen molar-refractivity contribution in [3.8, 4) is 0 Å². The Morgan fingerprint density at radius 2 is 2.25 bits per heavy atom. The largest absolute Gasteiger partial charge is 0.462 e. The second kappa shape index (κ2) is 5.46. The van der Waals surface area contributed by atoms with Gasteiger partial charge in [-0.25, -0.2) is 9.18 Å². The lowest BCUT2D eigenvalue weighted by Crippen LogP contribution is -2.20. The summed E-state index contributed by atoms with van der Waals surface area (Å²) in [5.74, 6) is -1.49. The maximum atomic E-state index is 13.5. The van der Waals surface area contributed by atoms with Crippen molar-refractivity contribution in [2.45, 2.75) is 6.92 Å². The molecular formula is C14H11ClFNO3. The van der Waals surface area contributed by atoms with Crippen LogP contribution in [0.4, 0.5) is 4.39 Å². The normalized spacial score (nSPS) is 10.6. The highest BCUT2D eigenvalue weighted by atomic mass is 35.5. The number of carbonyl (C=O) groups is 1. The Morgan fingerprint density at radius 1 is 1.55 bits per heavy atom. The Labute approximate surface area is 119 Å². The van der Waals surface area contributed by atoms with Gasteiger partial charge in [-0.3, -0.25) is 4.79 Å². The van der Waals surface area contributed by atoms with Crippen LogP contribution in [0.25, 0.3) is 17.1 Å². The summed E-state index contributed by atoms with van der Waals surface area (Å²) >= 11 is 5.70. The van der Waals surface area contributed by atoms with Crippen LogP contribution < -0.4 is 5.43 Å². The fourth-order valence-electron chi connectivity index (χ4n) is 1.85. The molecule has 0 unspecified atom stereocenters. The van der Waals surface area contributed by atoms with Gasteiger partial charge >= 0.3 is 5.97 Å². The fourth-order valence-corrected chi connectivity index (χ4v) is 2.01. The predicted molar refractivity (Wildman–Crippen MR) is 75.5 cm³/mol. The van der Waals surface area contributed by atoms with Crippen molar-refractivity contribution >= 4 is 34.7 Å². The van der Waals surface area contributed by atoms with Crippen molar-refractivity contribution in [3.05, 3.63) is 51.5 Å². The molecule has 0 aliphatic heterocycles. The number of carbonyl (C=O) groups excluding carboxylic acids is 1. The van der Waals surface area contributed by atoms with Crippen molar-refractivity contribution < 1.29 is 13.9 Å². The van der Waals surface area contributed by atoms with Crippen molar-refractivity contribution in [1.29, 1.82) is 0 Å². The van der Waals surface area contributed by atoms with Crippen molar-refractivity contribution in [2.24, 2.45) is 0 Å². The summed E-state index contributed by atoms with van der Waals surface area (Å²) in [5, 5.41) is -0.0752. The highest BCUT2D eigenvalue weighted by Gasteiger charge is 2.17. The Balaban J connectivity index is 2.85. The molecule has 0 radical (unpaired) electrons. The second-order valence-electron chi connectivity index (χ2n) is 3.97. The van der Waals surface area contributed by atoms with Gasteiger partial charge in [0.2, 0.25) is 5.43 Å². The van der Waals surface area contributed by atoms with Gasteiger partial charge in [-0.2, -0.15) is 0 Å². The van der Waals surface area contributed by atoms with E-state index in [2.05, 4.69) is 6.58 Å². The number of rotatable bonds is 3. The van der Waals surface area contributed by atoms with Gasteiger partial charge in [0.05, 0.1) is 17.1 Å². The smallest absolute Gasteiger partial charge is 0.343 e. The third-order valence-corrected chi connectivity index (χ3v) is 3.06. The molecule has 0 saturated carbocycles. The van der Waals surface area contributed by atoms with E-state index in [1.165, 1.54) is 23.0 Å². The van der Waals surface area contributed by atoms with E-state index in [0.29, 0.717) is 5.52 Å². The highest BCUT2D eigenvalue weighted by Crippen LogP contribution is 2.22. The average Bonchev–Trinajstić information content (AvgIpc) is 2.42. The van der Waals surface area contributed by atoms with E-state index in [1.807, 2.05) is 0 Å². The number of benzene rings is 1. The molecule has 104 valence electrons. The van der Waals surface area contributed by atoms with Crippen LogP contribution in [0.3, 0.4) is 0 Å². The summed E-state index contributed by atoms with van der Waals surface area (Å²) in [7, 11) is 0. The number of aromatic nitrogens is 1. The van der Waals surface area contributed by atoms with E-state index in [1.54, 1.807) is 6.92 Å². The molecule has 0 amide bonds. The van der Waals surface area contributed by atoms with E-state index in [4.69, 9.17) is 16.3 Å². The third-order valence-electron chi connectivity index (χ3n) is 2.77. The molecule has 2 rings (SSSR count). The molecule has 0 fully saturated rings. The van der Waals surface area contributed by atoms with Gasteiger partial charge in [0, 0.05) is 17.8 Å². The molecule has 2 aromatic rings. The zero-order valence-corrected chi connectivity index (χ0v) is 11.4. The number of fused-ring (bicyclic) bond motifs is 1. The molecular weight excluding hydrogens is 285 g/mol. The number of nitrogens with zero attached hydrogens (tertiary/aromatic N) is 1. The number of esters is 1. The maximum absolute atomic E-state index is 13.5. The molecule has 4 nitrogen and oxygen atoms in total. The van der Waals surface area contributed by atoms with Crippen LogP contribution in [0.1, 0.15) is 17.3 Å². The Kier molecular flexibility index (Phi) is 3.90. The molecule has 0 spiro atoms. The molecule has 0 aliphatic carbocycles. The molecule has 0 bridgehead atoms. The van der Waals surface area contributed by atoms with Crippen LogP contribution in [0, 0.1) is 5.82 Å². The zero-order chi connectivity index (χ0) is 14.9. The van der Waals surface area contributed by atoms with Crippen molar-refractivity contribution in [2.75, 3.05) is 6.61 Å². The first kappa shape index (κ1) is 14.3. The lowest BCUT2D eigenvalue weighted by Gasteiger charge is -2.09. The number of halogens is 2. The summed E-state index contributed by atoms with van der Waals surface area (Å²) in [6.45, 7) is 5.35. The topological polar surface area (TPSA) is 48.3 Å². The zero-order valence-electron chi connectivity index (χ0n) is 10.7. The standard InChI is InChI=1S/C14H11ClFNO3/c1-3-17-7-9(14(19)20-4-2)13(18)8-5-11(16)10(15)6-12(8)17/h3,5-7H,1,4H2,2H3. The molecule has 1 aromatic carbocycles. The van der Waals surface area contributed by atoms with Crippen LogP contribution in [-0.2, 0) is 4.74 Å². The summed E-state index contributed by atoms with van der Waals surface area (Å²) in [6.07, 6.45) is 2.68. The third kappa shape index (κ3) is 2.32. The first-order chi connectivity index (χ1) is 9.49. The van der Waals surface area contributed by atoms with Crippen LogP contribution in [-0.4, -0.2) is 17.1 Å². The summed E-state index contributed by atoms with van der Waals surface area (Å²) in [4.78, 5) is 24.0. The quantitative estimate of drug-likeness (QED) is 0.818. The Morgan fingerprint density at radius 3 is 2.85 bits per heavy atom. The molecule has 0 saturated heterocycles. The van der Waals surface area contributed by atoms with Gasteiger partial charge in [-0.1, -0.05) is 18.2 Å². The first-order valence-corrected chi connectivity index (χ1v) is 6.21. The fraction of sp³-hybridized carbons (Fsp3) is 0.143. The van der Waals surface area contributed by atoms with E-state index in [9.17, 15) is 14.0 Å². The molecule has 0 N–H and O–H groups in total. The maximum Gasteiger partial charge on any atom is 0.343 e. The van der Waals surface area contributed by atoms with Gasteiger partial charge < -0.3 is 9.30 Å². The van der Waals surface area contributed by atoms with E-state index < -0.39 is 17.2 Å². The van der Waals surface area contributed by atoms with Gasteiger partial charge in [-0.15, -0.1) is 0 Å². The van der Waals surface area contributed by atoms with Gasteiger partial charge in [0.15, 0.2) is 0 Å². The summed E-state index contributed by atoms with van der Waals surface area (Å²) < 4.78 is 19.8. The summed E-state index contributed by atoms with van der Waals surface area (Å²) in [6, 6.07) is 2.31. The van der Waals surface area contributed by atoms with Gasteiger partial charge in [0.1, 0.15) is 11.4 Å². The molecule has 20 heavy (non-hydrogen) atoms. The first-order valence-electron chi connectivity index (χ1n) is 5.83. The molecule has 0 aliphatic rings. The lowest BCUT2D eigenvalue weighted by atomic mass is 10.1. The van der Waals surface area contributed by atoms with Crippen LogP contribution in [0.15, 0.2) is 29.7 Å². The molecule has 6 heteroatoms. The second-order valence-corrected chi connectivity index (χ2v) is 4.37. The number of ether oxygens (including phenoxy) is 1. The minimum atomic E-state index is -0.759. The van der Waals surface area contributed by atoms with E-state index in [-0.39, 0.29) is 22.6 Å². The monoisotopic (exact) mass is 295 g/mol. The van der Waals surface area contributed by atoms with Gasteiger partial charge in [0.25, 0.3) is 0 Å². The Bertz CT molecular complexity index is 767.